The molecule has 0 atom stereocenters. The van der Waals surface area contributed by atoms with Crippen LogP contribution in [-0.2, 0) is 0 Å². The van der Waals surface area contributed by atoms with E-state index in [1.165, 1.54) is 43.0 Å². The lowest BCUT2D eigenvalue weighted by Crippen LogP contribution is -2.28. The Morgan fingerprint density at radius 1 is 0.457 bits per heavy atom. The van der Waals surface area contributed by atoms with E-state index in [2.05, 4.69) is 177 Å². The summed E-state index contributed by atoms with van der Waals surface area (Å²) in [6.07, 6.45) is 0. The number of rotatable bonds is 9. The second-order valence-electron chi connectivity index (χ2n) is 11.2. The molecule has 0 aliphatic rings. The van der Waals surface area contributed by atoms with Crippen molar-refractivity contribution in [2.75, 3.05) is 14.2 Å². The van der Waals surface area contributed by atoms with Crippen LogP contribution in [0.3, 0.4) is 0 Å². The summed E-state index contributed by atoms with van der Waals surface area (Å²) in [5, 5.41) is 7.92. The number of benzene rings is 6. The third-order valence-electron chi connectivity index (χ3n) is 8.33. The maximum atomic E-state index is 6.15. The van der Waals surface area contributed by atoms with E-state index in [4.69, 9.17) is 9.47 Å². The van der Waals surface area contributed by atoms with E-state index >= 15 is 0 Å². The lowest BCUT2D eigenvalue weighted by Gasteiger charge is -2.30. The summed E-state index contributed by atoms with van der Waals surface area (Å²) in [7, 11) is 1.76. The zero-order valence-electron chi connectivity index (χ0n) is 26.8. The van der Waals surface area contributed by atoms with Gasteiger partial charge in [0.2, 0.25) is 0 Å². The quantitative estimate of drug-likeness (QED) is 0.109. The van der Waals surface area contributed by atoms with Gasteiger partial charge in [-0.05, 0) is 125 Å². The van der Waals surface area contributed by atoms with Crippen molar-refractivity contribution in [1.82, 2.24) is 0 Å². The Balaban J connectivity index is 1.78. The Morgan fingerprint density at radius 2 is 0.783 bits per heavy atom. The fourth-order valence-corrected chi connectivity index (χ4v) is 12.8. The number of ether oxygens (including phenoxy) is 2. The van der Waals surface area contributed by atoms with Gasteiger partial charge in [-0.15, -0.1) is 0 Å². The first kappa shape index (κ1) is 32.5. The van der Waals surface area contributed by atoms with Crippen LogP contribution in [0.1, 0.15) is 16.7 Å². The van der Waals surface area contributed by atoms with Gasteiger partial charge in [0.15, 0.2) is 0 Å². The molecule has 0 saturated heterocycles. The monoisotopic (exact) mass is 750 g/mol. The van der Waals surface area contributed by atoms with Crippen LogP contribution in [0, 0.1) is 24.3 Å². The maximum Gasteiger partial charge on any atom is 0.135 e. The van der Waals surface area contributed by atoms with Crippen LogP contribution in [0.25, 0.3) is 11.1 Å². The molecule has 0 aromatic heterocycles. The first-order chi connectivity index (χ1) is 22.4. The zero-order valence-corrected chi connectivity index (χ0v) is 30.7. The van der Waals surface area contributed by atoms with E-state index in [-0.39, 0.29) is 0 Å². The number of halogens is 1. The predicted octanol–water partition coefficient (Wildman–Crippen LogP) is 8.42. The lowest BCUT2D eigenvalue weighted by molar-refractivity contribution is 0.408. The molecule has 0 spiro atoms. The van der Waals surface area contributed by atoms with Crippen molar-refractivity contribution in [2.45, 2.75) is 20.8 Å². The van der Waals surface area contributed by atoms with Gasteiger partial charge in [-0.3, -0.25) is 0 Å². The molecule has 0 N–H and O–H groups in total. The fraction of sp³-hybridized carbons (Fsp3) is 0.122. The van der Waals surface area contributed by atoms with Crippen LogP contribution in [-0.4, -0.2) is 14.2 Å². The van der Waals surface area contributed by atoms with E-state index in [0.29, 0.717) is 0 Å². The minimum Gasteiger partial charge on any atom is -0.496 e. The first-order valence-corrected chi connectivity index (χ1v) is 19.1. The molecule has 6 rings (SSSR count). The summed E-state index contributed by atoms with van der Waals surface area (Å²) >= 11 is 2.45. The van der Waals surface area contributed by atoms with Gasteiger partial charge in [0, 0.05) is 5.56 Å². The molecule has 0 radical (unpaired) electrons. The van der Waals surface area contributed by atoms with Gasteiger partial charge in [0.25, 0.3) is 0 Å². The highest BCUT2D eigenvalue weighted by Gasteiger charge is 2.31. The number of hydrogen-bond acceptors (Lipinski definition) is 2. The average Bonchev–Trinajstić information content (AvgIpc) is 3.08. The van der Waals surface area contributed by atoms with Crippen molar-refractivity contribution in [3.05, 3.63) is 154 Å². The molecule has 230 valence electrons. The molecule has 0 fully saturated rings. The first-order valence-electron chi connectivity index (χ1n) is 15.3. The summed E-state index contributed by atoms with van der Waals surface area (Å²) in [6.45, 7) is 6.63. The van der Waals surface area contributed by atoms with Crippen LogP contribution in [0.2, 0.25) is 0 Å². The molecule has 0 aliphatic heterocycles. The normalized spacial score (nSPS) is 11.2. The Morgan fingerprint density at radius 3 is 1.13 bits per heavy atom. The van der Waals surface area contributed by atoms with E-state index in [0.717, 1.165) is 31.8 Å². The Hall–Kier alpha value is -3.49. The Bertz CT molecular complexity index is 1720. The largest absolute Gasteiger partial charge is 0.496 e. The standard InChI is InChI=1S/C41H37IO2P2/c1-28-26-36(45(31-18-10-6-11-19-31)32-20-12-7-13-21-32)38(29(2)40(28)43-4)39-30(3)41(44-5)35(42)27-37(39)46(33-22-14-8-15-23-33)34-24-16-9-17-25-34/h6-27H,1-5H3. The number of methoxy groups -OCH3 is 2. The number of hydrogen-bond donors (Lipinski definition) is 0. The predicted molar refractivity (Wildman–Crippen MR) is 209 cm³/mol. The molecular weight excluding hydrogens is 713 g/mol. The van der Waals surface area contributed by atoms with Crippen molar-refractivity contribution < 1.29 is 9.47 Å². The molecule has 2 nitrogen and oxygen atoms in total. The fourth-order valence-electron chi connectivity index (χ4n) is 6.40. The summed E-state index contributed by atoms with van der Waals surface area (Å²) < 4.78 is 13.4. The summed E-state index contributed by atoms with van der Waals surface area (Å²) in [6, 6.07) is 48.6. The van der Waals surface area contributed by atoms with Crippen molar-refractivity contribution in [1.29, 1.82) is 0 Å². The molecule has 0 saturated carbocycles. The van der Waals surface area contributed by atoms with E-state index in [1.54, 1.807) is 14.2 Å². The molecule has 5 heteroatoms. The van der Waals surface area contributed by atoms with Gasteiger partial charge in [0.05, 0.1) is 17.8 Å². The third-order valence-corrected chi connectivity index (χ3v) is 14.1. The molecule has 0 aliphatic carbocycles. The molecule has 46 heavy (non-hydrogen) atoms. The molecular formula is C41H37IO2P2. The smallest absolute Gasteiger partial charge is 0.135 e. The Kier molecular flexibility index (Phi) is 10.2. The molecule has 6 aromatic carbocycles. The average molecular weight is 751 g/mol. The van der Waals surface area contributed by atoms with Crippen molar-refractivity contribution in [3.63, 3.8) is 0 Å². The SMILES string of the molecule is COc1c(C)cc(P(c2ccccc2)c2ccccc2)c(-c2c(P(c3ccccc3)c3ccccc3)cc(I)c(OC)c2C)c1C. The summed E-state index contributed by atoms with van der Waals surface area (Å²) in [5.74, 6) is 1.85. The molecule has 0 heterocycles. The molecule has 0 unspecified atom stereocenters. The number of aryl methyl sites for hydroxylation is 1. The van der Waals surface area contributed by atoms with Crippen LogP contribution in [0.5, 0.6) is 11.5 Å². The highest BCUT2D eigenvalue weighted by Crippen LogP contribution is 2.47. The second-order valence-corrected chi connectivity index (χ2v) is 16.7. The molecule has 0 amide bonds. The van der Waals surface area contributed by atoms with Crippen LogP contribution in [0.15, 0.2) is 133 Å². The van der Waals surface area contributed by atoms with Gasteiger partial charge < -0.3 is 9.47 Å². The van der Waals surface area contributed by atoms with Crippen molar-refractivity contribution >= 4 is 70.3 Å². The summed E-state index contributed by atoms with van der Waals surface area (Å²) in [5.41, 5.74) is 5.92. The molecule has 0 bridgehead atoms. The van der Waals surface area contributed by atoms with Crippen LogP contribution >= 0.6 is 38.4 Å². The van der Waals surface area contributed by atoms with E-state index in [9.17, 15) is 0 Å². The van der Waals surface area contributed by atoms with Gasteiger partial charge in [0.1, 0.15) is 11.5 Å². The van der Waals surface area contributed by atoms with Crippen molar-refractivity contribution in [2.24, 2.45) is 0 Å². The summed E-state index contributed by atoms with van der Waals surface area (Å²) in [4.78, 5) is 0. The topological polar surface area (TPSA) is 18.5 Å². The minimum absolute atomic E-state index is 0.905. The van der Waals surface area contributed by atoms with Gasteiger partial charge in [-0.1, -0.05) is 121 Å². The third kappa shape index (κ3) is 6.26. The van der Waals surface area contributed by atoms with Gasteiger partial charge in [-0.2, -0.15) is 0 Å². The van der Waals surface area contributed by atoms with Crippen LogP contribution < -0.4 is 41.3 Å². The van der Waals surface area contributed by atoms with Gasteiger partial charge in [-0.25, -0.2) is 0 Å². The molecule has 6 aromatic rings. The highest BCUT2D eigenvalue weighted by molar-refractivity contribution is 14.1. The highest BCUT2D eigenvalue weighted by atomic mass is 127. The maximum absolute atomic E-state index is 6.15. The van der Waals surface area contributed by atoms with Crippen LogP contribution in [0.4, 0.5) is 0 Å². The van der Waals surface area contributed by atoms with E-state index in [1.807, 2.05) is 0 Å². The lowest BCUT2D eigenvalue weighted by atomic mass is 9.93. The minimum atomic E-state index is -0.908. The zero-order chi connectivity index (χ0) is 32.2. The van der Waals surface area contributed by atoms with Gasteiger partial charge >= 0.3 is 0 Å². The van der Waals surface area contributed by atoms with Crippen molar-refractivity contribution in [3.8, 4) is 22.6 Å². The Labute approximate surface area is 289 Å². The van der Waals surface area contributed by atoms with E-state index < -0.39 is 15.8 Å². The second kappa shape index (κ2) is 14.5.